The van der Waals surface area contributed by atoms with Crippen LogP contribution >= 0.6 is 0 Å². The van der Waals surface area contributed by atoms with Crippen molar-refractivity contribution in [3.63, 3.8) is 0 Å². The number of epoxide rings is 1. The van der Waals surface area contributed by atoms with Crippen molar-refractivity contribution in [2.24, 2.45) is 0 Å². The Morgan fingerprint density at radius 1 is 1.17 bits per heavy atom. The van der Waals surface area contributed by atoms with Crippen LogP contribution in [0.3, 0.4) is 0 Å². The van der Waals surface area contributed by atoms with Crippen molar-refractivity contribution in [3.05, 3.63) is 0 Å². The Morgan fingerprint density at radius 2 is 1.67 bits per heavy atom. The normalized spacial score (nSPS) is 29.0. The van der Waals surface area contributed by atoms with E-state index in [0.717, 1.165) is 0 Å². The van der Waals surface area contributed by atoms with E-state index < -0.39 is 8.07 Å². The van der Waals surface area contributed by atoms with Gasteiger partial charge in [-0.2, -0.15) is 0 Å². The van der Waals surface area contributed by atoms with Gasteiger partial charge in [0.15, 0.2) is 0 Å². The van der Waals surface area contributed by atoms with E-state index >= 15 is 0 Å². The summed E-state index contributed by atoms with van der Waals surface area (Å²) in [6.45, 7) is 7.04. The lowest BCUT2D eigenvalue weighted by atomic mass is 10.5. The third-order valence-corrected chi connectivity index (χ3v) is 9.42. The minimum absolute atomic E-state index is 0.191. The molecule has 0 aromatic rings. The van der Waals surface area contributed by atoms with Gasteiger partial charge in [0, 0.05) is 0 Å². The third-order valence-electron chi connectivity index (χ3n) is 3.48. The highest BCUT2D eigenvalue weighted by molar-refractivity contribution is 6.81. The van der Waals surface area contributed by atoms with Gasteiger partial charge in [-0.25, -0.2) is 0 Å². The largest absolute Gasteiger partial charge is 0.394 e. The molecule has 0 aromatic carbocycles. The first kappa shape index (κ1) is 10.2. The van der Waals surface area contributed by atoms with Gasteiger partial charge in [-0.15, -0.1) is 0 Å². The molecule has 12 heavy (non-hydrogen) atoms. The van der Waals surface area contributed by atoms with Gasteiger partial charge in [-0.3, -0.25) is 0 Å². The topological polar surface area (TPSA) is 32.8 Å². The first-order valence-corrected chi connectivity index (χ1v) is 7.70. The van der Waals surface area contributed by atoms with Crippen LogP contribution in [0.15, 0.2) is 0 Å². The van der Waals surface area contributed by atoms with Crippen molar-refractivity contribution in [2.75, 3.05) is 6.61 Å². The maximum absolute atomic E-state index is 8.92. The summed E-state index contributed by atoms with van der Waals surface area (Å²) in [5, 5.41) is 8.92. The fourth-order valence-electron chi connectivity index (χ4n) is 2.17. The summed E-state index contributed by atoms with van der Waals surface area (Å²) in [7, 11) is -1.15. The van der Waals surface area contributed by atoms with Crippen LogP contribution in [0, 0.1) is 0 Å². The van der Waals surface area contributed by atoms with E-state index in [1.807, 2.05) is 0 Å². The third kappa shape index (κ3) is 1.58. The molecular weight excluding hydrogens is 168 g/mol. The van der Waals surface area contributed by atoms with Crippen LogP contribution in [-0.4, -0.2) is 31.6 Å². The van der Waals surface area contributed by atoms with Crippen molar-refractivity contribution in [2.45, 2.75) is 50.7 Å². The number of hydrogen-bond donors (Lipinski definition) is 1. The van der Waals surface area contributed by atoms with E-state index in [1.165, 1.54) is 18.1 Å². The molecule has 2 nitrogen and oxygen atoms in total. The molecule has 2 atom stereocenters. The molecule has 1 N–H and O–H groups in total. The van der Waals surface area contributed by atoms with Crippen molar-refractivity contribution in [1.82, 2.24) is 0 Å². The molecule has 0 amide bonds. The van der Waals surface area contributed by atoms with Crippen LogP contribution in [-0.2, 0) is 4.74 Å². The fourth-order valence-corrected chi connectivity index (χ4v) is 6.24. The van der Waals surface area contributed by atoms with Gasteiger partial charge in [-0.05, 0) is 0 Å². The SMILES string of the molecule is CC[Si](CC)(CC)[C@H]1O[C@@H]1CO. The monoisotopic (exact) mass is 188 g/mol. The molecule has 1 rings (SSSR count). The quantitative estimate of drug-likeness (QED) is 0.527. The lowest BCUT2D eigenvalue weighted by Crippen LogP contribution is -2.40. The number of ether oxygens (including phenoxy) is 1. The molecule has 0 saturated carbocycles. The van der Waals surface area contributed by atoms with Crippen molar-refractivity contribution >= 4 is 8.07 Å². The minimum atomic E-state index is -1.15. The molecule has 1 heterocycles. The Morgan fingerprint density at radius 3 is 1.92 bits per heavy atom. The second-order valence-corrected chi connectivity index (χ2v) is 9.12. The van der Waals surface area contributed by atoms with Gasteiger partial charge in [-0.1, -0.05) is 38.9 Å². The second-order valence-electron chi connectivity index (χ2n) is 3.70. The summed E-state index contributed by atoms with van der Waals surface area (Å²) in [5.41, 5.74) is 0.461. The fraction of sp³-hybridized carbons (Fsp3) is 1.00. The van der Waals surface area contributed by atoms with Crippen LogP contribution in [0.1, 0.15) is 20.8 Å². The number of aliphatic hydroxyl groups is 1. The Labute approximate surface area is 75.9 Å². The van der Waals surface area contributed by atoms with E-state index in [-0.39, 0.29) is 12.7 Å². The Kier molecular flexibility index (Phi) is 3.32. The summed E-state index contributed by atoms with van der Waals surface area (Å²) in [5.74, 6) is 0. The van der Waals surface area contributed by atoms with Crippen LogP contribution in [0.25, 0.3) is 0 Å². The summed E-state index contributed by atoms with van der Waals surface area (Å²) < 4.78 is 5.52. The summed E-state index contributed by atoms with van der Waals surface area (Å²) in [6.07, 6.45) is 0.191. The predicted octanol–water partition coefficient (Wildman–Crippen LogP) is 1.79. The molecule has 0 aliphatic carbocycles. The average Bonchev–Trinajstić information content (AvgIpc) is 2.89. The predicted molar refractivity (Wildman–Crippen MR) is 52.9 cm³/mol. The van der Waals surface area contributed by atoms with E-state index in [9.17, 15) is 0 Å². The first-order chi connectivity index (χ1) is 5.74. The lowest BCUT2D eigenvalue weighted by molar-refractivity contribution is 0.243. The number of aliphatic hydroxyl groups excluding tert-OH is 1. The smallest absolute Gasteiger partial charge is 0.104 e. The zero-order chi connectivity index (χ0) is 9.19. The van der Waals surface area contributed by atoms with Gasteiger partial charge in [0.2, 0.25) is 0 Å². The molecule has 3 heteroatoms. The summed E-state index contributed by atoms with van der Waals surface area (Å²) in [4.78, 5) is 0. The molecule has 0 radical (unpaired) electrons. The maximum Gasteiger partial charge on any atom is 0.104 e. The van der Waals surface area contributed by atoms with Crippen molar-refractivity contribution in [1.29, 1.82) is 0 Å². The molecule has 72 valence electrons. The van der Waals surface area contributed by atoms with Crippen molar-refractivity contribution < 1.29 is 9.84 Å². The summed E-state index contributed by atoms with van der Waals surface area (Å²) >= 11 is 0. The van der Waals surface area contributed by atoms with E-state index in [0.29, 0.717) is 5.73 Å². The first-order valence-electron chi connectivity index (χ1n) is 5.00. The molecule has 0 unspecified atom stereocenters. The Bertz CT molecular complexity index is 137. The van der Waals surface area contributed by atoms with Gasteiger partial charge >= 0.3 is 0 Å². The average molecular weight is 188 g/mol. The molecular formula is C9H20O2Si. The molecule has 1 aliphatic heterocycles. The van der Waals surface area contributed by atoms with Crippen molar-refractivity contribution in [3.8, 4) is 0 Å². The van der Waals surface area contributed by atoms with E-state index in [1.54, 1.807) is 0 Å². The van der Waals surface area contributed by atoms with Gasteiger partial charge in [0.05, 0.1) is 20.4 Å². The van der Waals surface area contributed by atoms with Crippen LogP contribution < -0.4 is 0 Å². The number of rotatable bonds is 5. The van der Waals surface area contributed by atoms with Crippen LogP contribution in [0.2, 0.25) is 18.1 Å². The Balaban J connectivity index is 2.55. The highest BCUT2D eigenvalue weighted by Gasteiger charge is 2.52. The molecule has 1 aliphatic rings. The molecule has 0 aromatic heterocycles. The minimum Gasteiger partial charge on any atom is -0.394 e. The highest BCUT2D eigenvalue weighted by Crippen LogP contribution is 2.38. The van der Waals surface area contributed by atoms with Gasteiger partial charge in [0.25, 0.3) is 0 Å². The molecule has 0 bridgehead atoms. The van der Waals surface area contributed by atoms with Crippen LogP contribution in [0.4, 0.5) is 0 Å². The zero-order valence-corrected chi connectivity index (χ0v) is 9.34. The molecule has 1 fully saturated rings. The highest BCUT2D eigenvalue weighted by atomic mass is 28.3. The molecule has 0 spiro atoms. The van der Waals surface area contributed by atoms with Gasteiger partial charge < -0.3 is 9.84 Å². The maximum atomic E-state index is 8.92. The summed E-state index contributed by atoms with van der Waals surface area (Å²) in [6, 6.07) is 3.88. The van der Waals surface area contributed by atoms with Crippen LogP contribution in [0.5, 0.6) is 0 Å². The lowest BCUT2D eigenvalue weighted by Gasteiger charge is -2.25. The van der Waals surface area contributed by atoms with E-state index in [4.69, 9.17) is 9.84 Å². The standard InChI is InChI=1S/C9H20O2Si/c1-4-12(5-2,6-3)9-8(7-10)11-9/h8-10H,4-7H2,1-3H3/t8-,9-/m1/s1. The number of hydrogen-bond acceptors (Lipinski definition) is 2. The zero-order valence-electron chi connectivity index (χ0n) is 8.34. The van der Waals surface area contributed by atoms with Gasteiger partial charge in [0.1, 0.15) is 6.10 Å². The van der Waals surface area contributed by atoms with E-state index in [2.05, 4.69) is 20.8 Å². The second kappa shape index (κ2) is 3.90. The molecule has 1 saturated heterocycles. The Hall–Kier alpha value is 0.137.